The highest BCUT2D eigenvalue weighted by Crippen LogP contribution is 2.40. The Bertz CT molecular complexity index is 4810. The molecule has 6 aliphatic heterocycles. The molecule has 16 rings (SSSR count). The summed E-state index contributed by atoms with van der Waals surface area (Å²) in [7, 11) is 0. The molecule has 7 aromatic carbocycles. The summed E-state index contributed by atoms with van der Waals surface area (Å²) >= 11 is 0. The SMILES string of the molecule is Cc1ccc2ccccc2c1-c1nc(CN2CCC(C(=O)CCCCN3C[C@H](C)C[C@H](C)C3)CC2)c(C)o1.Cc1oc(-c2c3ccccc3cc3ccccc23)nc1CN1CCC(C(=O)CCCCN2C[C@H](C)C[C@H](C)C2)CC1.Cc1oc(-c2cccc3ccccc23)nc1CN1CCC(C(=O)CCCCN2C[C@H](C)C[C@H](C)C2)CC1. The summed E-state index contributed by atoms with van der Waals surface area (Å²) in [6.07, 6.45) is 18.6. The number of hydrogen-bond acceptors (Lipinski definition) is 15. The van der Waals surface area contributed by atoms with Crippen LogP contribution in [0.15, 0.2) is 147 Å². The maximum Gasteiger partial charge on any atom is 0.227 e. The number of carbonyl (C=O) groups is 3. The first-order valence-electron chi connectivity index (χ1n) is 45.0. The van der Waals surface area contributed by atoms with Crippen molar-refractivity contribution in [3.8, 4) is 34.4 Å². The second kappa shape index (κ2) is 40.2. The lowest BCUT2D eigenvalue weighted by molar-refractivity contribution is -0.125. The molecule has 6 aliphatic rings. The van der Waals surface area contributed by atoms with Crippen LogP contribution in [0.1, 0.15) is 197 Å². The first kappa shape index (κ1) is 84.4. The lowest BCUT2D eigenvalue weighted by Crippen LogP contribution is -2.39. The van der Waals surface area contributed by atoms with Gasteiger partial charge in [-0.3, -0.25) is 29.1 Å². The number of rotatable bonds is 27. The van der Waals surface area contributed by atoms with Crippen molar-refractivity contribution in [3.05, 3.63) is 173 Å². The summed E-state index contributed by atoms with van der Waals surface area (Å²) in [4.78, 5) is 68.8. The number of ketones is 3. The lowest BCUT2D eigenvalue weighted by Gasteiger charge is -2.35. The van der Waals surface area contributed by atoms with E-state index in [2.05, 4.69) is 211 Å². The van der Waals surface area contributed by atoms with Gasteiger partial charge in [0.25, 0.3) is 0 Å². The van der Waals surface area contributed by atoms with Gasteiger partial charge in [-0.05, 0) is 279 Å². The molecule has 0 saturated carbocycles. The molecule has 0 aliphatic carbocycles. The predicted molar refractivity (Wildman–Crippen MR) is 474 cm³/mol. The molecule has 116 heavy (non-hydrogen) atoms. The van der Waals surface area contributed by atoms with Crippen LogP contribution in [0, 0.1) is 81.0 Å². The third kappa shape index (κ3) is 22.1. The Balaban J connectivity index is 0.000000144. The van der Waals surface area contributed by atoms with Crippen LogP contribution in [0.25, 0.3) is 77.5 Å². The van der Waals surface area contributed by atoms with Gasteiger partial charge in [0, 0.05) is 107 Å². The zero-order chi connectivity index (χ0) is 80.8. The first-order chi connectivity index (χ1) is 56.3. The van der Waals surface area contributed by atoms with E-state index in [1.807, 2.05) is 20.8 Å². The zero-order valence-electron chi connectivity index (χ0n) is 71.8. The van der Waals surface area contributed by atoms with Gasteiger partial charge in [-0.15, -0.1) is 0 Å². The number of piperidine rings is 6. The standard InChI is InChI=1S/C36H45N3O2.C33H45N3O2.C32H43N3O2/c1-25-20-26(2)23-39(22-25)17-9-8-14-34(40)28-15-18-38(19-16-28)24-33-27(3)41-36(37-33)35-31-12-6-4-10-29(31)21-30-11-5-7-13-32(30)35;1-23-19-24(2)21-36(20-23)16-8-7-11-31(37)28-14-17-35(18-15-28)22-30-26(4)38-33(34-30)32-25(3)12-13-27-9-5-6-10-29(27)32;1-23-19-24(2)21-35(20-23)16-7-6-13-31(36)27-14-17-34(18-15-27)22-30-25(3)37-32(33-30)29-12-8-10-26-9-4-5-11-28(26)29/h4-7,10-13,21,25-26,28H,8-9,14-20,22-24H2,1-3H3;5-6,9-10,12-13,23-24,28H,7-8,11,14-22H2,1-4H3;4-5,8-12,23-24,27H,6-7,13-22H2,1-3H3/t25-,26+;2*23-,24+. The number of Topliss-reactive ketones (excluding diaryl/α,β-unsaturated/α-hetero) is 3. The van der Waals surface area contributed by atoms with Crippen molar-refractivity contribution in [2.75, 3.05) is 98.2 Å². The van der Waals surface area contributed by atoms with E-state index < -0.39 is 0 Å². The Labute approximate surface area is 692 Å². The molecule has 618 valence electrons. The molecular formula is C101H133N9O6. The van der Waals surface area contributed by atoms with Crippen molar-refractivity contribution >= 4 is 60.4 Å². The fraction of sp³-hybridized carbons (Fsp3) is 0.545. The van der Waals surface area contributed by atoms with Gasteiger partial charge in [0.15, 0.2) is 0 Å². The molecule has 0 N–H and O–H groups in total. The van der Waals surface area contributed by atoms with Crippen molar-refractivity contribution in [2.24, 2.45) is 53.3 Å². The van der Waals surface area contributed by atoms with Gasteiger partial charge in [-0.2, -0.15) is 0 Å². The van der Waals surface area contributed by atoms with Gasteiger partial charge >= 0.3 is 0 Å². The minimum absolute atomic E-state index is 0.220. The average Bonchev–Trinajstić information content (AvgIpc) is 1.54. The van der Waals surface area contributed by atoms with Crippen LogP contribution >= 0.6 is 0 Å². The Morgan fingerprint density at radius 3 is 1.03 bits per heavy atom. The van der Waals surface area contributed by atoms with E-state index in [-0.39, 0.29) is 17.8 Å². The van der Waals surface area contributed by atoms with Crippen molar-refractivity contribution < 1.29 is 27.6 Å². The van der Waals surface area contributed by atoms with E-state index in [1.165, 1.54) is 102 Å². The molecule has 0 amide bonds. The highest BCUT2D eigenvalue weighted by atomic mass is 16.4. The number of hydrogen-bond donors (Lipinski definition) is 0. The smallest absolute Gasteiger partial charge is 0.227 e. The number of nitrogens with zero attached hydrogens (tertiary/aromatic N) is 9. The van der Waals surface area contributed by atoms with Crippen molar-refractivity contribution in [2.45, 2.75) is 204 Å². The van der Waals surface area contributed by atoms with Crippen molar-refractivity contribution in [1.29, 1.82) is 0 Å². The van der Waals surface area contributed by atoms with E-state index in [4.69, 9.17) is 28.2 Å². The zero-order valence-corrected chi connectivity index (χ0v) is 71.8. The number of aromatic nitrogens is 3. The van der Waals surface area contributed by atoms with Crippen LogP contribution < -0.4 is 0 Å². The molecule has 6 atom stereocenters. The van der Waals surface area contributed by atoms with E-state index >= 15 is 0 Å². The van der Waals surface area contributed by atoms with Crippen molar-refractivity contribution in [3.63, 3.8) is 0 Å². The number of aryl methyl sites for hydroxylation is 4. The summed E-state index contributed by atoms with van der Waals surface area (Å²) in [5, 5.41) is 9.46. The summed E-state index contributed by atoms with van der Waals surface area (Å²) in [6.45, 7) is 41.2. The van der Waals surface area contributed by atoms with Crippen LogP contribution in [0.4, 0.5) is 0 Å². The van der Waals surface area contributed by atoms with Crippen LogP contribution in [0.3, 0.4) is 0 Å². The largest absolute Gasteiger partial charge is 0.441 e. The average molecular weight is 1570 g/mol. The number of carbonyl (C=O) groups excluding carboxylic acids is 3. The number of oxazole rings is 3. The van der Waals surface area contributed by atoms with E-state index in [0.29, 0.717) is 35.0 Å². The maximum absolute atomic E-state index is 13.0. The molecule has 3 aromatic heterocycles. The Morgan fingerprint density at radius 1 is 0.336 bits per heavy atom. The number of unbranched alkanes of at least 4 members (excludes halogenated alkanes) is 3. The van der Waals surface area contributed by atoms with Gasteiger partial charge in [-0.1, -0.05) is 163 Å². The fourth-order valence-electron chi connectivity index (χ4n) is 20.7. The van der Waals surface area contributed by atoms with Crippen LogP contribution in [-0.4, -0.2) is 160 Å². The molecule has 6 fully saturated rings. The van der Waals surface area contributed by atoms with Gasteiger partial charge in [0.1, 0.15) is 34.6 Å². The molecule has 0 radical (unpaired) electrons. The topological polar surface area (TPSA) is 149 Å². The predicted octanol–water partition coefficient (Wildman–Crippen LogP) is 21.7. The number of benzene rings is 7. The summed E-state index contributed by atoms with van der Waals surface area (Å²) in [5.41, 5.74) is 7.40. The molecule has 0 spiro atoms. The monoisotopic (exact) mass is 1570 g/mol. The lowest BCUT2D eigenvalue weighted by atomic mass is 9.89. The van der Waals surface area contributed by atoms with Gasteiger partial charge in [-0.25, -0.2) is 15.0 Å². The van der Waals surface area contributed by atoms with Gasteiger partial charge in [0.05, 0.1) is 22.6 Å². The van der Waals surface area contributed by atoms with Gasteiger partial charge < -0.3 is 28.0 Å². The van der Waals surface area contributed by atoms with Crippen LogP contribution in [0.2, 0.25) is 0 Å². The first-order valence-corrected chi connectivity index (χ1v) is 45.0. The highest BCUT2D eigenvalue weighted by molar-refractivity contribution is 6.11. The quantitative estimate of drug-likeness (QED) is 0.0355. The second-order valence-corrected chi connectivity index (χ2v) is 36.8. The van der Waals surface area contributed by atoms with E-state index in [1.54, 1.807) is 0 Å². The third-order valence-corrected chi connectivity index (χ3v) is 26.6. The maximum atomic E-state index is 13.0. The Hall–Kier alpha value is -8.02. The normalized spacial score (nSPS) is 21.6. The molecule has 0 bridgehead atoms. The summed E-state index contributed by atoms with van der Waals surface area (Å²) < 4.78 is 18.7. The second-order valence-electron chi connectivity index (χ2n) is 36.8. The van der Waals surface area contributed by atoms with E-state index in [0.717, 1.165) is 267 Å². The summed E-state index contributed by atoms with van der Waals surface area (Å²) in [5.74, 6) is 11.7. The minimum Gasteiger partial charge on any atom is -0.441 e. The van der Waals surface area contributed by atoms with Crippen molar-refractivity contribution in [1.82, 2.24) is 44.4 Å². The van der Waals surface area contributed by atoms with E-state index in [9.17, 15) is 14.4 Å². The van der Waals surface area contributed by atoms with Gasteiger partial charge in [0.2, 0.25) is 17.7 Å². The number of fused-ring (bicyclic) bond motifs is 4. The molecule has 15 heteroatoms. The Kier molecular flexibility index (Phi) is 29.2. The molecule has 15 nitrogen and oxygen atoms in total. The highest BCUT2D eigenvalue weighted by Gasteiger charge is 2.32. The minimum atomic E-state index is 0.220. The fourth-order valence-corrected chi connectivity index (χ4v) is 20.7. The molecule has 0 unspecified atom stereocenters. The number of likely N-dealkylation sites (tertiary alicyclic amines) is 6. The summed E-state index contributed by atoms with van der Waals surface area (Å²) in [6, 6.07) is 46.6. The van der Waals surface area contributed by atoms with Crippen LogP contribution in [0.5, 0.6) is 0 Å². The molecule has 9 heterocycles. The van der Waals surface area contributed by atoms with Crippen LogP contribution in [-0.2, 0) is 34.0 Å². The molecule has 10 aromatic rings. The third-order valence-electron chi connectivity index (χ3n) is 26.6. The molecule has 6 saturated heterocycles. The molecular weight excluding hydrogens is 1440 g/mol. The Morgan fingerprint density at radius 2 is 0.647 bits per heavy atom.